The summed E-state index contributed by atoms with van der Waals surface area (Å²) in [6.07, 6.45) is 1.46. The van der Waals surface area contributed by atoms with E-state index in [1.54, 1.807) is 24.3 Å². The van der Waals surface area contributed by atoms with Crippen molar-refractivity contribution in [1.29, 1.82) is 0 Å². The third kappa shape index (κ3) is 5.02. The molecule has 3 aromatic rings. The summed E-state index contributed by atoms with van der Waals surface area (Å²) in [5.41, 5.74) is 1.48. The molecule has 1 N–H and O–H groups in total. The van der Waals surface area contributed by atoms with Gasteiger partial charge in [0.2, 0.25) is 0 Å². The Hall–Kier alpha value is -3.91. The van der Waals surface area contributed by atoms with E-state index in [1.807, 2.05) is 0 Å². The van der Waals surface area contributed by atoms with Crippen LogP contribution in [0.3, 0.4) is 0 Å². The maximum absolute atomic E-state index is 13.9. The van der Waals surface area contributed by atoms with Gasteiger partial charge in [0.25, 0.3) is 5.91 Å². The van der Waals surface area contributed by atoms with E-state index in [-0.39, 0.29) is 35.4 Å². The zero-order valence-corrected chi connectivity index (χ0v) is 18.7. The minimum Gasteiger partial charge on any atom is -0.493 e. The Balaban J connectivity index is 1.53. The number of carbonyl (C=O) groups excluding carboxylic acids is 2. The van der Waals surface area contributed by atoms with Crippen LogP contribution in [0, 0.1) is 11.6 Å². The molecule has 4 rings (SSSR count). The highest BCUT2D eigenvalue weighted by atomic mass is 35.5. The van der Waals surface area contributed by atoms with E-state index in [9.17, 15) is 18.4 Å². The number of halogens is 3. The maximum atomic E-state index is 13.9. The molecule has 1 aliphatic heterocycles. The second-order valence-electron chi connectivity index (χ2n) is 7.42. The first-order chi connectivity index (χ1) is 16.4. The van der Waals surface area contributed by atoms with Crippen LogP contribution in [0.5, 0.6) is 11.5 Å². The molecule has 1 aliphatic rings. The van der Waals surface area contributed by atoms with Crippen LogP contribution < -0.4 is 14.8 Å². The summed E-state index contributed by atoms with van der Waals surface area (Å²) in [5, 5.41) is 2.71. The van der Waals surface area contributed by atoms with Crippen LogP contribution in [0.2, 0.25) is 5.02 Å². The number of hydrogen-bond donors (Lipinski definition) is 1. The number of ether oxygens (including phenoxy) is 2. The van der Waals surface area contributed by atoms with Crippen molar-refractivity contribution in [3.63, 3.8) is 0 Å². The maximum Gasteiger partial charge on any atom is 0.329 e. The van der Waals surface area contributed by atoms with Gasteiger partial charge in [-0.15, -0.1) is 0 Å². The van der Waals surface area contributed by atoms with Crippen LogP contribution >= 0.6 is 11.6 Å². The van der Waals surface area contributed by atoms with Gasteiger partial charge < -0.3 is 14.8 Å². The first-order valence-electron chi connectivity index (χ1n) is 10.2. The van der Waals surface area contributed by atoms with Crippen molar-refractivity contribution in [2.24, 2.45) is 0 Å². The van der Waals surface area contributed by atoms with Crippen molar-refractivity contribution in [1.82, 2.24) is 10.2 Å². The molecule has 1 heterocycles. The molecule has 0 unspecified atom stereocenters. The second kappa shape index (κ2) is 9.93. The van der Waals surface area contributed by atoms with Gasteiger partial charge in [0.1, 0.15) is 23.9 Å². The van der Waals surface area contributed by atoms with E-state index in [2.05, 4.69) is 5.32 Å². The number of carbonyl (C=O) groups is 2. The van der Waals surface area contributed by atoms with Gasteiger partial charge in [-0.1, -0.05) is 41.9 Å². The van der Waals surface area contributed by atoms with Crippen molar-refractivity contribution in [3.05, 3.63) is 99.7 Å². The number of rotatable bonds is 7. The quantitative estimate of drug-likeness (QED) is 0.365. The second-order valence-corrected chi connectivity index (χ2v) is 7.83. The van der Waals surface area contributed by atoms with Gasteiger partial charge in [0, 0.05) is 5.56 Å². The van der Waals surface area contributed by atoms with Crippen molar-refractivity contribution in [3.8, 4) is 11.5 Å². The lowest BCUT2D eigenvalue weighted by Crippen LogP contribution is -2.30. The van der Waals surface area contributed by atoms with E-state index < -0.39 is 23.6 Å². The molecule has 9 heteroatoms. The Morgan fingerprint density at radius 3 is 2.50 bits per heavy atom. The molecule has 0 aliphatic carbocycles. The van der Waals surface area contributed by atoms with Crippen LogP contribution in [-0.2, 0) is 17.9 Å². The van der Waals surface area contributed by atoms with Crippen LogP contribution in [-0.4, -0.2) is 23.9 Å². The smallest absolute Gasteiger partial charge is 0.329 e. The zero-order valence-electron chi connectivity index (χ0n) is 18.0. The largest absolute Gasteiger partial charge is 0.493 e. The standard InChI is InChI=1S/C25H19ClF2N2O4/c1-33-22-12-16(10-19(26)23(22)34-14-17-4-2-3-5-20(17)28)11-21-24(31)30(25(32)29-21)13-15-6-8-18(27)9-7-15/h2-12H,13-14H2,1H3,(H,29,32)/b21-11+. The molecular weight excluding hydrogens is 466 g/mol. The Labute approximate surface area is 199 Å². The van der Waals surface area contributed by atoms with Crippen LogP contribution in [0.15, 0.2) is 66.4 Å². The van der Waals surface area contributed by atoms with Gasteiger partial charge >= 0.3 is 6.03 Å². The number of nitrogens with zero attached hydrogens (tertiary/aromatic N) is 1. The Morgan fingerprint density at radius 1 is 1.06 bits per heavy atom. The van der Waals surface area contributed by atoms with Gasteiger partial charge in [0.05, 0.1) is 18.7 Å². The number of nitrogens with one attached hydrogen (secondary N) is 1. The van der Waals surface area contributed by atoms with Gasteiger partial charge in [-0.3, -0.25) is 9.69 Å². The van der Waals surface area contributed by atoms with Crippen LogP contribution in [0.25, 0.3) is 6.08 Å². The van der Waals surface area contributed by atoms with E-state index in [1.165, 1.54) is 49.6 Å². The lowest BCUT2D eigenvalue weighted by Gasteiger charge is -2.14. The SMILES string of the molecule is COc1cc(/C=C2/NC(=O)N(Cc3ccc(F)cc3)C2=O)cc(Cl)c1OCc1ccccc1F. The summed E-state index contributed by atoms with van der Waals surface area (Å²) >= 11 is 6.38. The summed E-state index contributed by atoms with van der Waals surface area (Å²) in [7, 11) is 1.42. The topological polar surface area (TPSA) is 67.9 Å². The number of methoxy groups -OCH3 is 1. The fourth-order valence-electron chi connectivity index (χ4n) is 3.38. The van der Waals surface area contributed by atoms with Gasteiger partial charge in [-0.25, -0.2) is 13.6 Å². The molecule has 34 heavy (non-hydrogen) atoms. The van der Waals surface area contributed by atoms with Crippen molar-refractivity contribution < 1.29 is 27.8 Å². The molecular formula is C25H19ClF2N2O4. The molecule has 6 nitrogen and oxygen atoms in total. The Bertz CT molecular complexity index is 1280. The number of amides is 3. The highest BCUT2D eigenvalue weighted by Gasteiger charge is 2.33. The van der Waals surface area contributed by atoms with Crippen molar-refractivity contribution >= 4 is 29.6 Å². The highest BCUT2D eigenvalue weighted by molar-refractivity contribution is 6.32. The monoisotopic (exact) mass is 484 g/mol. The summed E-state index contributed by atoms with van der Waals surface area (Å²) in [6.45, 7) is -0.0642. The zero-order chi connectivity index (χ0) is 24.2. The Kier molecular flexibility index (Phi) is 6.79. The molecule has 174 valence electrons. The lowest BCUT2D eigenvalue weighted by molar-refractivity contribution is -0.123. The molecule has 3 amide bonds. The number of hydrogen-bond acceptors (Lipinski definition) is 4. The number of urea groups is 1. The fraction of sp³-hybridized carbons (Fsp3) is 0.120. The summed E-state index contributed by atoms with van der Waals surface area (Å²) in [5.74, 6) is -0.859. The van der Waals surface area contributed by atoms with E-state index in [0.29, 0.717) is 16.7 Å². The van der Waals surface area contributed by atoms with Crippen LogP contribution in [0.4, 0.5) is 13.6 Å². The first kappa shape index (κ1) is 23.3. The van der Waals surface area contributed by atoms with Crippen molar-refractivity contribution in [2.75, 3.05) is 7.11 Å². The van der Waals surface area contributed by atoms with Gasteiger partial charge in [-0.2, -0.15) is 0 Å². The van der Waals surface area contributed by atoms with E-state index in [0.717, 1.165) is 4.90 Å². The molecule has 0 radical (unpaired) electrons. The van der Waals surface area contributed by atoms with E-state index >= 15 is 0 Å². The average Bonchev–Trinajstić information content (AvgIpc) is 3.07. The average molecular weight is 485 g/mol. The van der Waals surface area contributed by atoms with Crippen LogP contribution in [0.1, 0.15) is 16.7 Å². The normalized spacial score (nSPS) is 14.5. The van der Waals surface area contributed by atoms with E-state index in [4.69, 9.17) is 21.1 Å². The third-order valence-corrected chi connectivity index (χ3v) is 5.39. The summed E-state index contributed by atoms with van der Waals surface area (Å²) < 4.78 is 38.1. The first-order valence-corrected chi connectivity index (χ1v) is 10.6. The molecule has 0 spiro atoms. The number of imide groups is 1. The predicted molar refractivity (Wildman–Crippen MR) is 122 cm³/mol. The highest BCUT2D eigenvalue weighted by Crippen LogP contribution is 2.37. The molecule has 0 atom stereocenters. The molecule has 0 aromatic heterocycles. The Morgan fingerprint density at radius 2 is 1.79 bits per heavy atom. The van der Waals surface area contributed by atoms with Gasteiger partial charge in [0.15, 0.2) is 11.5 Å². The number of benzene rings is 3. The molecule has 0 bridgehead atoms. The minimum atomic E-state index is -0.594. The summed E-state index contributed by atoms with van der Waals surface area (Å²) in [4.78, 5) is 26.1. The minimum absolute atomic E-state index is 0.00477. The molecule has 3 aromatic carbocycles. The van der Waals surface area contributed by atoms with Crippen molar-refractivity contribution in [2.45, 2.75) is 13.2 Å². The van der Waals surface area contributed by atoms with Gasteiger partial charge in [-0.05, 0) is 47.5 Å². The third-order valence-electron chi connectivity index (χ3n) is 5.11. The fourth-order valence-corrected chi connectivity index (χ4v) is 3.66. The summed E-state index contributed by atoms with van der Waals surface area (Å²) in [6, 6.07) is 14.3. The molecule has 1 saturated heterocycles. The molecule has 0 saturated carbocycles. The lowest BCUT2D eigenvalue weighted by atomic mass is 10.1. The molecule has 1 fully saturated rings. The predicted octanol–water partition coefficient (Wildman–Crippen LogP) is 5.30.